The van der Waals surface area contributed by atoms with E-state index in [1.54, 1.807) is 12.1 Å². The van der Waals surface area contributed by atoms with E-state index in [4.69, 9.17) is 4.74 Å². The van der Waals surface area contributed by atoms with E-state index in [2.05, 4.69) is 5.32 Å². The molecular formula is C20H24N2O3. The van der Waals surface area contributed by atoms with E-state index in [-0.39, 0.29) is 17.6 Å². The maximum atomic E-state index is 13.0. The van der Waals surface area contributed by atoms with Crippen LogP contribution in [-0.2, 0) is 16.1 Å². The Morgan fingerprint density at radius 2 is 1.76 bits per heavy atom. The van der Waals surface area contributed by atoms with Gasteiger partial charge in [0.05, 0.1) is 19.1 Å². The first kappa shape index (κ1) is 17.5. The number of nitrogens with one attached hydrogen (secondary N) is 1. The highest BCUT2D eigenvalue weighted by Gasteiger charge is 2.26. The molecule has 132 valence electrons. The van der Waals surface area contributed by atoms with Crippen molar-refractivity contribution >= 4 is 5.91 Å². The molecule has 5 heteroatoms. The Labute approximate surface area is 148 Å². The minimum absolute atomic E-state index is 0.124. The first-order valence-corrected chi connectivity index (χ1v) is 8.65. The van der Waals surface area contributed by atoms with Gasteiger partial charge in [0.25, 0.3) is 0 Å². The van der Waals surface area contributed by atoms with Crippen molar-refractivity contribution in [3.05, 3.63) is 65.7 Å². The van der Waals surface area contributed by atoms with Crippen molar-refractivity contribution in [1.82, 2.24) is 10.2 Å². The lowest BCUT2D eigenvalue weighted by Crippen LogP contribution is -2.45. The van der Waals surface area contributed by atoms with Gasteiger partial charge in [0.15, 0.2) is 0 Å². The number of amides is 1. The number of aromatic hydroxyl groups is 1. The fourth-order valence-corrected chi connectivity index (χ4v) is 3.05. The lowest BCUT2D eigenvalue weighted by atomic mass is 9.97. The van der Waals surface area contributed by atoms with E-state index < -0.39 is 0 Å². The normalized spacial score (nSPS) is 15.8. The number of phenols is 1. The molecule has 0 radical (unpaired) electrons. The number of benzene rings is 2. The van der Waals surface area contributed by atoms with Gasteiger partial charge in [-0.15, -0.1) is 0 Å². The Bertz CT molecular complexity index is 684. The molecule has 1 atom stereocenters. The van der Waals surface area contributed by atoms with Gasteiger partial charge in [0.1, 0.15) is 5.75 Å². The molecule has 1 saturated heterocycles. The van der Waals surface area contributed by atoms with Crippen molar-refractivity contribution in [3.8, 4) is 5.75 Å². The molecule has 25 heavy (non-hydrogen) atoms. The molecule has 0 spiro atoms. The molecule has 5 nitrogen and oxygen atoms in total. The zero-order valence-corrected chi connectivity index (χ0v) is 14.2. The number of morpholine rings is 1. The Kier molecular flexibility index (Phi) is 6.04. The second kappa shape index (κ2) is 8.65. The largest absolute Gasteiger partial charge is 0.508 e. The highest BCUT2D eigenvalue weighted by molar-refractivity contribution is 5.84. The summed E-state index contributed by atoms with van der Waals surface area (Å²) in [5, 5.41) is 13.2. The topological polar surface area (TPSA) is 61.8 Å². The average molecular weight is 340 g/mol. The number of ether oxygens (including phenoxy) is 1. The number of hydrogen-bond acceptors (Lipinski definition) is 4. The second-order valence-corrected chi connectivity index (χ2v) is 6.16. The van der Waals surface area contributed by atoms with Gasteiger partial charge in [-0.05, 0) is 11.6 Å². The van der Waals surface area contributed by atoms with Crippen molar-refractivity contribution in [2.75, 3.05) is 32.8 Å². The monoisotopic (exact) mass is 340 g/mol. The molecule has 2 N–H and O–H groups in total. The Morgan fingerprint density at radius 1 is 1.08 bits per heavy atom. The highest BCUT2D eigenvalue weighted by Crippen LogP contribution is 2.20. The van der Waals surface area contributed by atoms with E-state index in [9.17, 15) is 9.90 Å². The van der Waals surface area contributed by atoms with Crippen LogP contribution in [0.1, 0.15) is 17.0 Å². The number of carbonyl (C=O) groups is 1. The lowest BCUT2D eigenvalue weighted by molar-refractivity contribution is -0.136. The summed E-state index contributed by atoms with van der Waals surface area (Å²) in [5.74, 6) is 0.148. The van der Waals surface area contributed by atoms with E-state index in [1.165, 1.54) is 0 Å². The molecule has 2 aromatic rings. The van der Waals surface area contributed by atoms with Crippen LogP contribution in [0, 0.1) is 0 Å². The van der Waals surface area contributed by atoms with E-state index in [0.29, 0.717) is 39.4 Å². The number of phenolic OH excluding ortho intramolecular Hbond substituents is 1. The molecule has 0 aliphatic carbocycles. The zero-order chi connectivity index (χ0) is 17.5. The van der Waals surface area contributed by atoms with E-state index in [0.717, 1.165) is 11.1 Å². The maximum Gasteiger partial charge on any atom is 0.231 e. The van der Waals surface area contributed by atoms with Crippen LogP contribution in [0.3, 0.4) is 0 Å². The third kappa shape index (κ3) is 4.59. The summed E-state index contributed by atoms with van der Waals surface area (Å²) in [5.41, 5.74) is 1.83. The standard InChI is InChI=1S/C20H24N2O3/c23-19-9-5-4-8-17(19)14-21-15-18(16-6-2-1-3-7-16)20(24)22-10-12-25-13-11-22/h1-9,18,21,23H,10-15H2/t18-/m0/s1. The van der Waals surface area contributed by atoms with Crippen molar-refractivity contribution in [2.24, 2.45) is 0 Å². The molecule has 0 unspecified atom stereocenters. The van der Waals surface area contributed by atoms with Crippen LogP contribution in [-0.4, -0.2) is 48.8 Å². The maximum absolute atomic E-state index is 13.0. The summed E-state index contributed by atoms with van der Waals surface area (Å²) in [4.78, 5) is 14.9. The number of rotatable bonds is 6. The summed E-state index contributed by atoms with van der Waals surface area (Å²) in [6, 6.07) is 17.1. The molecule has 1 heterocycles. The van der Waals surface area contributed by atoms with Gasteiger partial charge in [0.2, 0.25) is 5.91 Å². The number of para-hydroxylation sites is 1. The molecule has 3 rings (SSSR count). The first-order valence-electron chi connectivity index (χ1n) is 8.65. The van der Waals surface area contributed by atoms with Gasteiger partial charge in [-0.3, -0.25) is 4.79 Å². The van der Waals surface area contributed by atoms with Gasteiger partial charge in [-0.1, -0.05) is 48.5 Å². The minimum atomic E-state index is -0.245. The lowest BCUT2D eigenvalue weighted by Gasteiger charge is -2.30. The molecule has 0 bridgehead atoms. The number of nitrogens with zero attached hydrogens (tertiary/aromatic N) is 1. The zero-order valence-electron chi connectivity index (χ0n) is 14.2. The summed E-state index contributed by atoms with van der Waals surface area (Å²) >= 11 is 0. The predicted octanol–water partition coefficient (Wildman–Crippen LogP) is 2.12. The van der Waals surface area contributed by atoms with Gasteiger partial charge < -0.3 is 20.1 Å². The predicted molar refractivity (Wildman–Crippen MR) is 96.4 cm³/mol. The van der Waals surface area contributed by atoms with Crippen molar-refractivity contribution in [1.29, 1.82) is 0 Å². The minimum Gasteiger partial charge on any atom is -0.508 e. The average Bonchev–Trinajstić information content (AvgIpc) is 2.67. The Balaban J connectivity index is 1.68. The summed E-state index contributed by atoms with van der Waals surface area (Å²) in [6.45, 7) is 3.52. The quantitative estimate of drug-likeness (QED) is 0.846. The highest BCUT2D eigenvalue weighted by atomic mass is 16.5. The SMILES string of the molecule is O=C([C@@H](CNCc1ccccc1O)c1ccccc1)N1CCOCC1. The van der Waals surface area contributed by atoms with Crippen LogP contribution < -0.4 is 5.32 Å². The van der Waals surface area contributed by atoms with Crippen LogP contribution in [0.5, 0.6) is 5.75 Å². The molecule has 1 fully saturated rings. The third-order valence-corrected chi connectivity index (χ3v) is 4.48. The van der Waals surface area contributed by atoms with Crippen molar-refractivity contribution < 1.29 is 14.6 Å². The molecule has 2 aromatic carbocycles. The van der Waals surface area contributed by atoms with E-state index in [1.807, 2.05) is 47.4 Å². The fourth-order valence-electron chi connectivity index (χ4n) is 3.05. The first-order chi connectivity index (χ1) is 12.3. The van der Waals surface area contributed by atoms with Gasteiger partial charge in [0, 0.05) is 31.7 Å². The van der Waals surface area contributed by atoms with Gasteiger partial charge in [-0.25, -0.2) is 0 Å². The van der Waals surface area contributed by atoms with Crippen LogP contribution in [0.25, 0.3) is 0 Å². The molecule has 1 amide bonds. The Hall–Kier alpha value is -2.37. The molecule has 1 aliphatic heterocycles. The molecule has 0 saturated carbocycles. The number of carbonyl (C=O) groups excluding carboxylic acids is 1. The van der Waals surface area contributed by atoms with Crippen molar-refractivity contribution in [2.45, 2.75) is 12.5 Å². The van der Waals surface area contributed by atoms with Gasteiger partial charge >= 0.3 is 0 Å². The molecule has 0 aromatic heterocycles. The van der Waals surface area contributed by atoms with Gasteiger partial charge in [-0.2, -0.15) is 0 Å². The molecule has 1 aliphatic rings. The van der Waals surface area contributed by atoms with Crippen LogP contribution in [0.2, 0.25) is 0 Å². The Morgan fingerprint density at radius 3 is 2.48 bits per heavy atom. The fraction of sp³-hybridized carbons (Fsp3) is 0.350. The third-order valence-electron chi connectivity index (χ3n) is 4.48. The summed E-state index contributed by atoms with van der Waals surface area (Å²) in [6.07, 6.45) is 0. The van der Waals surface area contributed by atoms with Crippen LogP contribution >= 0.6 is 0 Å². The second-order valence-electron chi connectivity index (χ2n) is 6.16. The molecular weight excluding hydrogens is 316 g/mol. The number of hydrogen-bond donors (Lipinski definition) is 2. The summed E-state index contributed by atoms with van der Waals surface area (Å²) < 4.78 is 5.35. The van der Waals surface area contributed by atoms with E-state index >= 15 is 0 Å². The van der Waals surface area contributed by atoms with Crippen LogP contribution in [0.15, 0.2) is 54.6 Å². The van der Waals surface area contributed by atoms with Crippen molar-refractivity contribution in [3.63, 3.8) is 0 Å². The summed E-state index contributed by atoms with van der Waals surface area (Å²) in [7, 11) is 0. The smallest absolute Gasteiger partial charge is 0.231 e. The van der Waals surface area contributed by atoms with Crippen LogP contribution in [0.4, 0.5) is 0 Å².